The van der Waals surface area contributed by atoms with Crippen LogP contribution in [0.5, 0.6) is 5.75 Å². The molecule has 0 aliphatic rings. The van der Waals surface area contributed by atoms with E-state index in [4.69, 9.17) is 9.47 Å². The predicted octanol–water partition coefficient (Wildman–Crippen LogP) is 2.13. The van der Waals surface area contributed by atoms with Crippen LogP contribution in [0.25, 0.3) is 0 Å². The molecule has 0 saturated heterocycles. The maximum Gasteiger partial charge on any atom is 0.326 e. The zero-order valence-corrected chi connectivity index (χ0v) is 16.2. The Morgan fingerprint density at radius 1 is 1.00 bits per heavy atom. The number of para-hydroxylation sites is 1. The van der Waals surface area contributed by atoms with Gasteiger partial charge in [0.05, 0.1) is 6.04 Å². The van der Waals surface area contributed by atoms with Crippen molar-refractivity contribution < 1.29 is 28.2 Å². The molecule has 2 amide bonds. The average Bonchev–Trinajstić information content (AvgIpc) is 2.71. The first-order valence-corrected chi connectivity index (χ1v) is 9.05. The summed E-state index contributed by atoms with van der Waals surface area (Å²) >= 11 is 0. The maximum atomic E-state index is 13.0. The lowest BCUT2D eigenvalue weighted by Crippen LogP contribution is -2.40. The Balaban J connectivity index is 1.69. The molecule has 0 bridgehead atoms. The highest BCUT2D eigenvalue weighted by Gasteiger charge is 2.20. The maximum absolute atomic E-state index is 13.0. The Hall–Kier alpha value is -3.42. The van der Waals surface area contributed by atoms with Gasteiger partial charge in [-0.25, -0.2) is 4.39 Å². The van der Waals surface area contributed by atoms with Crippen LogP contribution in [0.4, 0.5) is 4.39 Å². The number of ether oxygens (including phenoxy) is 2. The van der Waals surface area contributed by atoms with E-state index in [9.17, 15) is 18.8 Å². The van der Waals surface area contributed by atoms with Crippen LogP contribution in [-0.2, 0) is 19.1 Å². The summed E-state index contributed by atoms with van der Waals surface area (Å²) in [4.78, 5) is 35.7. The quantitative estimate of drug-likeness (QED) is 0.627. The number of carbonyl (C=O) groups excluding carboxylic acids is 3. The molecule has 29 heavy (non-hydrogen) atoms. The summed E-state index contributed by atoms with van der Waals surface area (Å²) in [7, 11) is 0. The van der Waals surface area contributed by atoms with Crippen molar-refractivity contribution in [3.8, 4) is 5.75 Å². The van der Waals surface area contributed by atoms with Crippen molar-refractivity contribution in [2.45, 2.75) is 26.0 Å². The summed E-state index contributed by atoms with van der Waals surface area (Å²) in [6.45, 7) is 2.52. The van der Waals surface area contributed by atoms with E-state index in [1.165, 1.54) is 19.1 Å². The molecule has 2 atom stereocenters. The molecule has 2 N–H and O–H groups in total. The number of amides is 2. The third kappa shape index (κ3) is 7.61. The van der Waals surface area contributed by atoms with Gasteiger partial charge in [-0.15, -0.1) is 0 Å². The Bertz CT molecular complexity index is 827. The predicted molar refractivity (Wildman–Crippen MR) is 103 cm³/mol. The molecule has 0 saturated carbocycles. The van der Waals surface area contributed by atoms with Crippen molar-refractivity contribution >= 4 is 17.8 Å². The summed E-state index contributed by atoms with van der Waals surface area (Å²) in [5.74, 6) is -1.59. The first-order valence-electron chi connectivity index (χ1n) is 9.05. The molecule has 0 fully saturated rings. The smallest absolute Gasteiger partial charge is 0.326 e. The van der Waals surface area contributed by atoms with E-state index in [2.05, 4.69) is 10.6 Å². The lowest BCUT2D eigenvalue weighted by molar-refractivity contribution is -0.154. The van der Waals surface area contributed by atoms with Crippen LogP contribution < -0.4 is 15.4 Å². The van der Waals surface area contributed by atoms with Gasteiger partial charge in [0.1, 0.15) is 18.1 Å². The third-order valence-corrected chi connectivity index (χ3v) is 3.95. The zero-order valence-electron chi connectivity index (χ0n) is 16.2. The van der Waals surface area contributed by atoms with Gasteiger partial charge in [-0.3, -0.25) is 14.4 Å². The largest absolute Gasteiger partial charge is 0.484 e. The summed E-state index contributed by atoms with van der Waals surface area (Å²) in [6.07, 6.45) is -1.05. The number of nitrogens with one attached hydrogen (secondary N) is 2. The molecule has 2 aromatic carbocycles. The minimum Gasteiger partial charge on any atom is -0.484 e. The molecular formula is C21H23FN2O5. The molecule has 0 spiro atoms. The number of hydrogen-bond acceptors (Lipinski definition) is 5. The number of hydrogen-bond donors (Lipinski definition) is 2. The number of benzene rings is 2. The molecule has 2 rings (SSSR count). The highest BCUT2D eigenvalue weighted by molar-refractivity contribution is 5.86. The van der Waals surface area contributed by atoms with Gasteiger partial charge in [0.25, 0.3) is 11.8 Å². The number of esters is 1. The Kier molecular flexibility index (Phi) is 8.14. The highest BCUT2D eigenvalue weighted by atomic mass is 19.1. The lowest BCUT2D eigenvalue weighted by Gasteiger charge is -2.18. The summed E-state index contributed by atoms with van der Waals surface area (Å²) in [6, 6.07) is 14.1. The van der Waals surface area contributed by atoms with Crippen LogP contribution >= 0.6 is 0 Å². The van der Waals surface area contributed by atoms with E-state index in [1.807, 2.05) is 6.07 Å². The van der Waals surface area contributed by atoms with Crippen LogP contribution in [0.3, 0.4) is 0 Å². The van der Waals surface area contributed by atoms with Crippen molar-refractivity contribution in [2.75, 3.05) is 13.2 Å². The molecule has 7 nitrogen and oxygen atoms in total. The van der Waals surface area contributed by atoms with E-state index >= 15 is 0 Å². The van der Waals surface area contributed by atoms with Crippen molar-refractivity contribution in [1.82, 2.24) is 10.6 Å². The van der Waals surface area contributed by atoms with Crippen LogP contribution in [0.1, 0.15) is 25.5 Å². The van der Waals surface area contributed by atoms with Crippen LogP contribution in [0.2, 0.25) is 0 Å². The molecule has 0 heterocycles. The van der Waals surface area contributed by atoms with E-state index < -0.39 is 23.9 Å². The first kappa shape index (κ1) is 21.9. The van der Waals surface area contributed by atoms with E-state index in [-0.39, 0.29) is 25.0 Å². The van der Waals surface area contributed by atoms with Gasteiger partial charge in [-0.05, 0) is 43.7 Å². The molecule has 8 heteroatoms. The minimum absolute atomic E-state index is 0.248. The topological polar surface area (TPSA) is 93.7 Å². The van der Waals surface area contributed by atoms with E-state index in [0.717, 1.165) is 0 Å². The van der Waals surface area contributed by atoms with Gasteiger partial charge in [-0.1, -0.05) is 30.3 Å². The molecule has 0 aromatic heterocycles. The van der Waals surface area contributed by atoms with Crippen molar-refractivity contribution in [2.24, 2.45) is 0 Å². The fraction of sp³-hybridized carbons (Fsp3) is 0.286. The van der Waals surface area contributed by atoms with Gasteiger partial charge in [-0.2, -0.15) is 0 Å². The first-order chi connectivity index (χ1) is 13.8. The van der Waals surface area contributed by atoms with Crippen LogP contribution in [-0.4, -0.2) is 37.0 Å². The molecular weight excluding hydrogens is 379 g/mol. The molecule has 154 valence electrons. The zero-order chi connectivity index (χ0) is 21.2. The second kappa shape index (κ2) is 10.8. The van der Waals surface area contributed by atoms with Crippen molar-refractivity contribution in [1.29, 1.82) is 0 Å². The SMILES string of the molecule is CC(OC(=O)CNC(=O)COc1ccccc1)C(=O)NC(C)c1ccc(F)cc1. The Morgan fingerprint density at radius 3 is 2.31 bits per heavy atom. The number of carbonyl (C=O) groups is 3. The van der Waals surface area contributed by atoms with Crippen LogP contribution in [0.15, 0.2) is 54.6 Å². The van der Waals surface area contributed by atoms with Crippen molar-refractivity contribution in [3.05, 3.63) is 66.0 Å². The normalized spacial score (nSPS) is 12.4. The monoisotopic (exact) mass is 402 g/mol. The molecule has 0 radical (unpaired) electrons. The van der Waals surface area contributed by atoms with Gasteiger partial charge in [0.2, 0.25) is 0 Å². The molecule has 0 aliphatic carbocycles. The highest BCUT2D eigenvalue weighted by Crippen LogP contribution is 2.13. The third-order valence-electron chi connectivity index (χ3n) is 3.95. The molecule has 2 unspecified atom stereocenters. The number of halogens is 1. The lowest BCUT2D eigenvalue weighted by atomic mass is 10.1. The fourth-order valence-electron chi connectivity index (χ4n) is 2.35. The molecule has 2 aromatic rings. The number of rotatable bonds is 9. The fourth-order valence-corrected chi connectivity index (χ4v) is 2.35. The Morgan fingerprint density at radius 2 is 1.66 bits per heavy atom. The van der Waals surface area contributed by atoms with Crippen molar-refractivity contribution in [3.63, 3.8) is 0 Å². The van der Waals surface area contributed by atoms with E-state index in [1.54, 1.807) is 43.3 Å². The summed E-state index contributed by atoms with van der Waals surface area (Å²) < 4.78 is 23.2. The van der Waals surface area contributed by atoms with Gasteiger partial charge >= 0.3 is 5.97 Å². The second-order valence-electron chi connectivity index (χ2n) is 6.29. The van der Waals surface area contributed by atoms with Gasteiger partial charge in [0.15, 0.2) is 12.7 Å². The minimum atomic E-state index is -1.05. The summed E-state index contributed by atoms with van der Waals surface area (Å²) in [5, 5.41) is 5.04. The summed E-state index contributed by atoms with van der Waals surface area (Å²) in [5.41, 5.74) is 0.712. The standard InChI is InChI=1S/C21H23FN2O5/c1-14(16-8-10-17(22)11-9-16)24-21(27)15(2)29-20(26)12-23-19(25)13-28-18-6-4-3-5-7-18/h3-11,14-15H,12-13H2,1-2H3,(H,23,25)(H,24,27). The average molecular weight is 402 g/mol. The Labute approximate surface area is 168 Å². The molecule has 0 aliphatic heterocycles. The van der Waals surface area contributed by atoms with E-state index in [0.29, 0.717) is 11.3 Å². The van der Waals surface area contributed by atoms with Gasteiger partial charge < -0.3 is 20.1 Å². The van der Waals surface area contributed by atoms with Gasteiger partial charge in [0, 0.05) is 0 Å². The van der Waals surface area contributed by atoms with Crippen LogP contribution in [0, 0.1) is 5.82 Å². The second-order valence-corrected chi connectivity index (χ2v) is 6.29.